The van der Waals surface area contributed by atoms with Crippen LogP contribution in [-0.2, 0) is 0 Å². The fourth-order valence-electron chi connectivity index (χ4n) is 2.24. The summed E-state index contributed by atoms with van der Waals surface area (Å²) in [6.07, 6.45) is 2.40. The van der Waals surface area contributed by atoms with Crippen molar-refractivity contribution in [2.45, 2.75) is 25.8 Å². The van der Waals surface area contributed by atoms with Gasteiger partial charge in [-0.1, -0.05) is 11.1 Å². The number of hydrogen-bond donors (Lipinski definition) is 2. The molecule has 0 aromatic carbocycles. The first-order valence-corrected chi connectivity index (χ1v) is 4.44. The van der Waals surface area contributed by atoms with Crippen LogP contribution in [0.1, 0.15) is 19.8 Å². The van der Waals surface area contributed by atoms with Crippen molar-refractivity contribution in [1.82, 2.24) is 5.32 Å². The highest BCUT2D eigenvalue weighted by molar-refractivity contribution is 5.25. The van der Waals surface area contributed by atoms with E-state index in [2.05, 4.69) is 12.2 Å². The van der Waals surface area contributed by atoms with Crippen LogP contribution in [0.2, 0.25) is 0 Å². The molecule has 2 atom stereocenters. The summed E-state index contributed by atoms with van der Waals surface area (Å²) in [6.45, 7) is 4.44. The predicted octanol–water partition coefficient (Wildman–Crippen LogP) is 0.643. The molecule has 11 heavy (non-hydrogen) atoms. The van der Waals surface area contributed by atoms with Crippen molar-refractivity contribution in [3.63, 3.8) is 0 Å². The highest BCUT2D eigenvalue weighted by Gasteiger charge is 2.30. The molecular weight excluding hydrogens is 136 g/mol. The van der Waals surface area contributed by atoms with Crippen LogP contribution in [0.3, 0.4) is 0 Å². The molecule has 0 radical (unpaired) electrons. The number of allylic oxidation sites excluding steroid dienone is 1. The number of nitrogens with two attached hydrogens (primary N) is 1. The maximum Gasteiger partial charge on any atom is 0.0171 e. The standard InChI is InChI=1S/C9H16N2/c1-6-2-3-9(10)8-5-11-4-7(6)8/h8-9,11H,2-5,10H2,1H3. The summed E-state index contributed by atoms with van der Waals surface area (Å²) in [5.41, 5.74) is 9.19. The van der Waals surface area contributed by atoms with Crippen LogP contribution >= 0.6 is 0 Å². The monoisotopic (exact) mass is 152 g/mol. The van der Waals surface area contributed by atoms with Gasteiger partial charge in [-0.25, -0.2) is 0 Å². The molecule has 2 nitrogen and oxygen atoms in total. The average molecular weight is 152 g/mol. The van der Waals surface area contributed by atoms with Crippen molar-refractivity contribution in [3.8, 4) is 0 Å². The molecule has 2 aliphatic rings. The minimum absolute atomic E-state index is 0.420. The van der Waals surface area contributed by atoms with Gasteiger partial charge in [0, 0.05) is 25.0 Å². The molecule has 0 aromatic heterocycles. The van der Waals surface area contributed by atoms with Crippen molar-refractivity contribution < 1.29 is 0 Å². The zero-order chi connectivity index (χ0) is 7.84. The molecule has 0 amide bonds. The van der Waals surface area contributed by atoms with Crippen LogP contribution in [-0.4, -0.2) is 19.1 Å². The van der Waals surface area contributed by atoms with Crippen LogP contribution in [0.25, 0.3) is 0 Å². The van der Waals surface area contributed by atoms with Gasteiger partial charge >= 0.3 is 0 Å². The summed E-state index contributed by atoms with van der Waals surface area (Å²) in [4.78, 5) is 0. The van der Waals surface area contributed by atoms with E-state index in [-0.39, 0.29) is 0 Å². The molecule has 0 bridgehead atoms. The summed E-state index contributed by atoms with van der Waals surface area (Å²) in [5.74, 6) is 0.656. The number of rotatable bonds is 0. The molecule has 1 aliphatic carbocycles. The Morgan fingerprint density at radius 3 is 3.09 bits per heavy atom. The van der Waals surface area contributed by atoms with E-state index < -0.39 is 0 Å². The molecule has 0 aromatic rings. The smallest absolute Gasteiger partial charge is 0.0171 e. The first-order chi connectivity index (χ1) is 5.29. The molecule has 0 saturated carbocycles. The van der Waals surface area contributed by atoms with Gasteiger partial charge in [-0.05, 0) is 19.8 Å². The second-order valence-corrected chi connectivity index (χ2v) is 3.75. The fourth-order valence-corrected chi connectivity index (χ4v) is 2.24. The third-order valence-electron chi connectivity index (χ3n) is 3.04. The predicted molar refractivity (Wildman–Crippen MR) is 46.3 cm³/mol. The third kappa shape index (κ3) is 1.10. The van der Waals surface area contributed by atoms with Gasteiger partial charge < -0.3 is 11.1 Å². The van der Waals surface area contributed by atoms with E-state index in [9.17, 15) is 0 Å². The maximum atomic E-state index is 6.01. The molecule has 3 N–H and O–H groups in total. The van der Waals surface area contributed by atoms with Gasteiger partial charge in [-0.3, -0.25) is 0 Å². The molecule has 2 unspecified atom stereocenters. The van der Waals surface area contributed by atoms with E-state index in [1.807, 2.05) is 0 Å². The Kier molecular flexibility index (Phi) is 1.74. The molecule has 1 fully saturated rings. The lowest BCUT2D eigenvalue weighted by atomic mass is 9.82. The molecule has 1 saturated heterocycles. The molecule has 2 rings (SSSR count). The van der Waals surface area contributed by atoms with Gasteiger partial charge in [0.2, 0.25) is 0 Å². The molecule has 1 heterocycles. The van der Waals surface area contributed by atoms with Gasteiger partial charge in [-0.2, -0.15) is 0 Å². The zero-order valence-corrected chi connectivity index (χ0v) is 7.06. The van der Waals surface area contributed by atoms with Crippen LogP contribution in [0.5, 0.6) is 0 Å². The van der Waals surface area contributed by atoms with Gasteiger partial charge in [-0.15, -0.1) is 0 Å². The highest BCUT2D eigenvalue weighted by atomic mass is 14.9. The van der Waals surface area contributed by atoms with Crippen molar-refractivity contribution in [1.29, 1.82) is 0 Å². The normalized spacial score (nSPS) is 37.6. The lowest BCUT2D eigenvalue weighted by Crippen LogP contribution is -2.34. The van der Waals surface area contributed by atoms with Crippen molar-refractivity contribution in [2.75, 3.05) is 13.1 Å². The molecule has 1 aliphatic heterocycles. The minimum atomic E-state index is 0.420. The van der Waals surface area contributed by atoms with E-state index >= 15 is 0 Å². The topological polar surface area (TPSA) is 38.0 Å². The molecular formula is C9H16N2. The molecule has 2 heteroatoms. The summed E-state index contributed by atoms with van der Waals surface area (Å²) >= 11 is 0. The second-order valence-electron chi connectivity index (χ2n) is 3.75. The van der Waals surface area contributed by atoms with E-state index in [1.54, 1.807) is 11.1 Å². The van der Waals surface area contributed by atoms with Gasteiger partial charge in [0.25, 0.3) is 0 Å². The molecule has 0 spiro atoms. The quantitative estimate of drug-likeness (QED) is 0.500. The van der Waals surface area contributed by atoms with E-state index in [1.165, 1.54) is 12.8 Å². The van der Waals surface area contributed by atoms with Gasteiger partial charge in [0.05, 0.1) is 0 Å². The Labute approximate surface area is 67.8 Å². The lowest BCUT2D eigenvalue weighted by Gasteiger charge is -2.26. The van der Waals surface area contributed by atoms with Crippen LogP contribution in [0.4, 0.5) is 0 Å². The van der Waals surface area contributed by atoms with E-state index in [0.29, 0.717) is 12.0 Å². The van der Waals surface area contributed by atoms with Crippen molar-refractivity contribution >= 4 is 0 Å². The Bertz CT molecular complexity index is 196. The average Bonchev–Trinajstić information content (AvgIpc) is 2.45. The minimum Gasteiger partial charge on any atom is -0.327 e. The first-order valence-electron chi connectivity index (χ1n) is 4.44. The SMILES string of the molecule is CC1=C2CNCC2C(N)CC1. The second kappa shape index (κ2) is 2.61. The lowest BCUT2D eigenvalue weighted by molar-refractivity contribution is 0.451. The summed E-state index contributed by atoms with van der Waals surface area (Å²) in [6, 6.07) is 0.420. The van der Waals surface area contributed by atoms with Crippen LogP contribution in [0, 0.1) is 5.92 Å². The number of hydrogen-bond acceptors (Lipinski definition) is 2. The van der Waals surface area contributed by atoms with Gasteiger partial charge in [0.1, 0.15) is 0 Å². The zero-order valence-electron chi connectivity index (χ0n) is 7.06. The summed E-state index contributed by atoms with van der Waals surface area (Å²) in [7, 11) is 0. The van der Waals surface area contributed by atoms with Crippen molar-refractivity contribution in [2.24, 2.45) is 11.7 Å². The Hall–Kier alpha value is -0.340. The first kappa shape index (κ1) is 7.32. The van der Waals surface area contributed by atoms with E-state index in [4.69, 9.17) is 5.73 Å². The van der Waals surface area contributed by atoms with E-state index in [0.717, 1.165) is 13.1 Å². The Morgan fingerprint density at radius 1 is 1.55 bits per heavy atom. The maximum absolute atomic E-state index is 6.01. The van der Waals surface area contributed by atoms with Crippen LogP contribution < -0.4 is 11.1 Å². The largest absolute Gasteiger partial charge is 0.327 e. The molecule has 62 valence electrons. The Balaban J connectivity index is 2.27. The summed E-state index contributed by atoms with van der Waals surface area (Å²) in [5, 5.41) is 3.39. The number of nitrogens with one attached hydrogen (secondary N) is 1. The van der Waals surface area contributed by atoms with Gasteiger partial charge in [0.15, 0.2) is 0 Å². The summed E-state index contributed by atoms with van der Waals surface area (Å²) < 4.78 is 0. The Morgan fingerprint density at radius 2 is 2.36 bits per heavy atom. The van der Waals surface area contributed by atoms with Crippen LogP contribution in [0.15, 0.2) is 11.1 Å². The third-order valence-corrected chi connectivity index (χ3v) is 3.04. The van der Waals surface area contributed by atoms with Crippen molar-refractivity contribution in [3.05, 3.63) is 11.1 Å². The fraction of sp³-hybridized carbons (Fsp3) is 0.778. The highest BCUT2D eigenvalue weighted by Crippen LogP contribution is 2.31. The number of fused-ring (bicyclic) bond motifs is 1.